The smallest absolute Gasteiger partial charge is 0.117 e. The highest BCUT2D eigenvalue weighted by molar-refractivity contribution is 5.22. The fraction of sp³-hybridized carbons (Fsp3) is 0.474. The monoisotopic (exact) mass is 298 g/mol. The Morgan fingerprint density at radius 3 is 2.27 bits per heavy atom. The number of benzene rings is 1. The minimum absolute atomic E-state index is 0.780. The number of furan rings is 1. The molecule has 3 rings (SSSR count). The Labute approximate surface area is 133 Å². The Bertz CT molecular complexity index is 525. The molecule has 1 aliphatic rings. The highest BCUT2D eigenvalue weighted by Crippen LogP contribution is 2.14. The molecule has 1 fully saturated rings. The molecule has 0 spiro atoms. The summed E-state index contributed by atoms with van der Waals surface area (Å²) >= 11 is 0. The van der Waals surface area contributed by atoms with E-state index in [4.69, 9.17) is 4.42 Å². The topological polar surface area (TPSA) is 28.4 Å². The van der Waals surface area contributed by atoms with Crippen LogP contribution in [0.3, 0.4) is 0 Å². The lowest BCUT2D eigenvalue weighted by Gasteiger charge is -2.19. The zero-order valence-electron chi connectivity index (χ0n) is 13.3. The van der Waals surface area contributed by atoms with Crippen LogP contribution >= 0.6 is 0 Å². The van der Waals surface area contributed by atoms with Crippen LogP contribution in [0, 0.1) is 0 Å². The molecule has 0 aliphatic carbocycles. The van der Waals surface area contributed by atoms with Gasteiger partial charge in [-0.2, -0.15) is 0 Å². The van der Waals surface area contributed by atoms with Gasteiger partial charge in [0, 0.05) is 13.1 Å². The third-order valence-corrected chi connectivity index (χ3v) is 4.34. The average Bonchev–Trinajstić information content (AvgIpc) is 2.93. The molecule has 1 aliphatic heterocycles. The zero-order valence-corrected chi connectivity index (χ0v) is 13.3. The summed E-state index contributed by atoms with van der Waals surface area (Å²) < 4.78 is 5.32. The van der Waals surface area contributed by atoms with Gasteiger partial charge >= 0.3 is 0 Å². The molecule has 0 radical (unpaired) electrons. The third kappa shape index (κ3) is 4.72. The predicted octanol–water partition coefficient (Wildman–Crippen LogP) is 3.95. The van der Waals surface area contributed by atoms with Crippen molar-refractivity contribution in [2.45, 2.75) is 45.3 Å². The van der Waals surface area contributed by atoms with E-state index in [1.54, 1.807) is 6.26 Å². The lowest BCUT2D eigenvalue weighted by molar-refractivity contribution is 0.277. The maximum absolute atomic E-state index is 5.32. The standard InChI is InChI=1S/C19H26N2O/c1-2-4-12-21(11-3-1)16-18-9-7-17(8-10-18)14-20-15-19-6-5-13-22-19/h5-10,13,20H,1-4,11-12,14-16H2. The number of hydrogen-bond acceptors (Lipinski definition) is 3. The molecule has 1 N–H and O–H groups in total. The predicted molar refractivity (Wildman–Crippen MR) is 89.4 cm³/mol. The molecule has 2 heterocycles. The van der Waals surface area contributed by atoms with Gasteiger partial charge in [-0.25, -0.2) is 0 Å². The highest BCUT2D eigenvalue weighted by atomic mass is 16.3. The summed E-state index contributed by atoms with van der Waals surface area (Å²) in [6.45, 7) is 5.27. The minimum Gasteiger partial charge on any atom is -0.468 e. The van der Waals surface area contributed by atoms with Crippen molar-refractivity contribution in [3.05, 3.63) is 59.5 Å². The molecular weight excluding hydrogens is 272 g/mol. The summed E-state index contributed by atoms with van der Waals surface area (Å²) in [7, 11) is 0. The van der Waals surface area contributed by atoms with Crippen LogP contribution in [0.25, 0.3) is 0 Å². The van der Waals surface area contributed by atoms with Gasteiger partial charge in [0.15, 0.2) is 0 Å². The third-order valence-electron chi connectivity index (χ3n) is 4.34. The van der Waals surface area contributed by atoms with Crippen LogP contribution in [0.4, 0.5) is 0 Å². The number of rotatable bonds is 6. The maximum atomic E-state index is 5.32. The van der Waals surface area contributed by atoms with E-state index < -0.39 is 0 Å². The second-order valence-corrected chi connectivity index (χ2v) is 6.19. The SMILES string of the molecule is c1coc(CNCc2ccc(CN3CCCCCC3)cc2)c1. The Morgan fingerprint density at radius 2 is 1.59 bits per heavy atom. The average molecular weight is 298 g/mol. The van der Waals surface area contributed by atoms with Crippen molar-refractivity contribution in [1.29, 1.82) is 0 Å². The molecule has 3 heteroatoms. The Balaban J connectivity index is 1.45. The van der Waals surface area contributed by atoms with Crippen molar-refractivity contribution in [3.8, 4) is 0 Å². The van der Waals surface area contributed by atoms with Crippen LogP contribution in [0.2, 0.25) is 0 Å². The van der Waals surface area contributed by atoms with Gasteiger partial charge in [-0.1, -0.05) is 37.1 Å². The van der Waals surface area contributed by atoms with Gasteiger partial charge in [0.1, 0.15) is 5.76 Å². The number of nitrogens with zero attached hydrogens (tertiary/aromatic N) is 1. The van der Waals surface area contributed by atoms with Crippen molar-refractivity contribution in [1.82, 2.24) is 10.2 Å². The molecule has 22 heavy (non-hydrogen) atoms. The highest BCUT2D eigenvalue weighted by Gasteiger charge is 2.09. The van der Waals surface area contributed by atoms with Crippen molar-refractivity contribution in [2.24, 2.45) is 0 Å². The van der Waals surface area contributed by atoms with Crippen molar-refractivity contribution in [3.63, 3.8) is 0 Å². The number of nitrogens with one attached hydrogen (secondary N) is 1. The van der Waals surface area contributed by atoms with Gasteiger partial charge in [-0.3, -0.25) is 4.90 Å². The molecule has 0 atom stereocenters. The molecule has 1 aromatic carbocycles. The normalized spacial score (nSPS) is 16.5. The van der Waals surface area contributed by atoms with E-state index in [1.807, 2.05) is 12.1 Å². The molecular formula is C19H26N2O. The Kier molecular flexibility index (Phi) is 5.68. The van der Waals surface area contributed by atoms with Crippen LogP contribution < -0.4 is 5.32 Å². The molecule has 2 aromatic rings. The van der Waals surface area contributed by atoms with Crippen LogP contribution in [-0.4, -0.2) is 18.0 Å². The van der Waals surface area contributed by atoms with E-state index in [1.165, 1.54) is 49.9 Å². The first-order valence-corrected chi connectivity index (χ1v) is 8.43. The first-order chi connectivity index (χ1) is 10.9. The molecule has 0 unspecified atom stereocenters. The molecule has 0 bridgehead atoms. The van der Waals surface area contributed by atoms with Crippen LogP contribution in [0.1, 0.15) is 42.6 Å². The fourth-order valence-electron chi connectivity index (χ4n) is 3.06. The molecule has 0 amide bonds. The first kappa shape index (κ1) is 15.3. The van der Waals surface area contributed by atoms with Gasteiger partial charge < -0.3 is 9.73 Å². The molecule has 118 valence electrons. The summed E-state index contributed by atoms with van der Waals surface area (Å²) in [4.78, 5) is 2.59. The van der Waals surface area contributed by atoms with E-state index in [-0.39, 0.29) is 0 Å². The fourth-order valence-corrected chi connectivity index (χ4v) is 3.06. The van der Waals surface area contributed by atoms with Gasteiger partial charge in [0.25, 0.3) is 0 Å². The number of hydrogen-bond donors (Lipinski definition) is 1. The lowest BCUT2D eigenvalue weighted by Crippen LogP contribution is -2.23. The number of likely N-dealkylation sites (tertiary alicyclic amines) is 1. The first-order valence-electron chi connectivity index (χ1n) is 8.43. The molecule has 1 aromatic heterocycles. The van der Waals surface area contributed by atoms with Gasteiger partial charge in [-0.15, -0.1) is 0 Å². The van der Waals surface area contributed by atoms with Crippen molar-refractivity contribution >= 4 is 0 Å². The van der Waals surface area contributed by atoms with E-state index >= 15 is 0 Å². The van der Waals surface area contributed by atoms with E-state index in [9.17, 15) is 0 Å². The largest absolute Gasteiger partial charge is 0.468 e. The second kappa shape index (κ2) is 8.16. The van der Waals surface area contributed by atoms with Crippen LogP contribution in [0.5, 0.6) is 0 Å². The summed E-state index contributed by atoms with van der Waals surface area (Å²) in [6, 6.07) is 12.9. The molecule has 1 saturated heterocycles. The van der Waals surface area contributed by atoms with Crippen LogP contribution in [-0.2, 0) is 19.6 Å². The van der Waals surface area contributed by atoms with Gasteiger partial charge in [-0.05, 0) is 49.2 Å². The Hall–Kier alpha value is -1.58. The molecule has 3 nitrogen and oxygen atoms in total. The summed E-state index contributed by atoms with van der Waals surface area (Å²) in [5.74, 6) is 0.984. The maximum Gasteiger partial charge on any atom is 0.117 e. The van der Waals surface area contributed by atoms with E-state index in [2.05, 4.69) is 34.5 Å². The summed E-state index contributed by atoms with van der Waals surface area (Å²) in [5.41, 5.74) is 2.75. The minimum atomic E-state index is 0.780. The van der Waals surface area contributed by atoms with Crippen molar-refractivity contribution in [2.75, 3.05) is 13.1 Å². The Morgan fingerprint density at radius 1 is 0.864 bits per heavy atom. The van der Waals surface area contributed by atoms with E-state index in [0.29, 0.717) is 0 Å². The zero-order chi connectivity index (χ0) is 15.0. The summed E-state index contributed by atoms with van der Waals surface area (Å²) in [6.07, 6.45) is 7.23. The van der Waals surface area contributed by atoms with Crippen LogP contribution in [0.15, 0.2) is 47.1 Å². The lowest BCUT2D eigenvalue weighted by atomic mass is 10.1. The quantitative estimate of drug-likeness (QED) is 0.875. The van der Waals surface area contributed by atoms with Gasteiger partial charge in [0.2, 0.25) is 0 Å². The molecule has 0 saturated carbocycles. The van der Waals surface area contributed by atoms with Gasteiger partial charge in [0.05, 0.1) is 12.8 Å². The summed E-state index contributed by atoms with van der Waals surface area (Å²) in [5, 5.41) is 3.41. The van der Waals surface area contributed by atoms with Crippen molar-refractivity contribution < 1.29 is 4.42 Å². The van der Waals surface area contributed by atoms with E-state index in [0.717, 1.165) is 25.4 Å². The second-order valence-electron chi connectivity index (χ2n) is 6.19.